The van der Waals surface area contributed by atoms with Gasteiger partial charge in [0.2, 0.25) is 0 Å². The highest BCUT2D eigenvalue weighted by Crippen LogP contribution is 2.26. The standard InChI is InChI=1S/C8H15NO2/c10-7-5-9-4-2-1-3-6(9)8(7)11/h6-8,10-11H,1-5H2/t6-,7-,8-/m1/s1. The van der Waals surface area contributed by atoms with Gasteiger partial charge in [-0.05, 0) is 19.4 Å². The molecule has 2 heterocycles. The highest BCUT2D eigenvalue weighted by molar-refractivity contribution is 4.94. The zero-order chi connectivity index (χ0) is 7.84. The lowest BCUT2D eigenvalue weighted by Gasteiger charge is -2.29. The van der Waals surface area contributed by atoms with E-state index in [9.17, 15) is 10.2 Å². The van der Waals surface area contributed by atoms with Gasteiger partial charge >= 0.3 is 0 Å². The number of aliphatic hydroxyl groups excluding tert-OH is 2. The van der Waals surface area contributed by atoms with Crippen molar-refractivity contribution in [2.24, 2.45) is 0 Å². The smallest absolute Gasteiger partial charge is 0.0966 e. The summed E-state index contributed by atoms with van der Waals surface area (Å²) in [4.78, 5) is 2.21. The minimum absolute atomic E-state index is 0.249. The van der Waals surface area contributed by atoms with Crippen LogP contribution in [0.15, 0.2) is 0 Å². The van der Waals surface area contributed by atoms with Gasteiger partial charge in [0.05, 0.1) is 12.2 Å². The lowest BCUT2D eigenvalue weighted by atomic mass is 10.0. The highest BCUT2D eigenvalue weighted by Gasteiger charge is 2.40. The van der Waals surface area contributed by atoms with Gasteiger partial charge in [-0.2, -0.15) is 0 Å². The van der Waals surface area contributed by atoms with Gasteiger partial charge in [0, 0.05) is 12.6 Å². The Morgan fingerprint density at radius 3 is 2.73 bits per heavy atom. The Labute approximate surface area is 66.6 Å². The van der Waals surface area contributed by atoms with E-state index in [1.54, 1.807) is 0 Å². The number of fused-ring (bicyclic) bond motifs is 1. The summed E-state index contributed by atoms with van der Waals surface area (Å²) in [5.41, 5.74) is 0. The Balaban J connectivity index is 2.05. The van der Waals surface area contributed by atoms with Crippen LogP contribution in [0.25, 0.3) is 0 Å². The Hall–Kier alpha value is -0.120. The maximum atomic E-state index is 9.50. The van der Waals surface area contributed by atoms with Crippen LogP contribution >= 0.6 is 0 Å². The van der Waals surface area contributed by atoms with E-state index in [1.807, 2.05) is 0 Å². The van der Waals surface area contributed by atoms with Gasteiger partial charge in [-0.25, -0.2) is 0 Å². The fraction of sp³-hybridized carbons (Fsp3) is 1.00. The van der Waals surface area contributed by atoms with Crippen LogP contribution in [0.4, 0.5) is 0 Å². The maximum Gasteiger partial charge on any atom is 0.0966 e. The summed E-state index contributed by atoms with van der Waals surface area (Å²) in [5, 5.41) is 18.8. The molecular formula is C8H15NO2. The minimum atomic E-state index is -0.502. The summed E-state index contributed by atoms with van der Waals surface area (Å²) < 4.78 is 0. The van der Waals surface area contributed by atoms with Gasteiger partial charge in [-0.3, -0.25) is 4.90 Å². The summed E-state index contributed by atoms with van der Waals surface area (Å²) >= 11 is 0. The van der Waals surface area contributed by atoms with Crippen molar-refractivity contribution in [3.8, 4) is 0 Å². The minimum Gasteiger partial charge on any atom is -0.389 e. The van der Waals surface area contributed by atoms with Crippen LogP contribution in [0.1, 0.15) is 19.3 Å². The van der Waals surface area contributed by atoms with Crippen LogP contribution in [0.3, 0.4) is 0 Å². The number of hydrogen-bond acceptors (Lipinski definition) is 3. The Morgan fingerprint density at radius 1 is 1.18 bits per heavy atom. The monoisotopic (exact) mass is 157 g/mol. The van der Waals surface area contributed by atoms with E-state index in [-0.39, 0.29) is 6.04 Å². The van der Waals surface area contributed by atoms with Crippen molar-refractivity contribution in [1.82, 2.24) is 4.90 Å². The van der Waals surface area contributed by atoms with Crippen LogP contribution in [0.2, 0.25) is 0 Å². The molecular weight excluding hydrogens is 142 g/mol. The molecule has 2 saturated heterocycles. The molecule has 2 rings (SSSR count). The van der Waals surface area contributed by atoms with Crippen LogP contribution in [0.5, 0.6) is 0 Å². The molecule has 2 aliphatic heterocycles. The first-order valence-corrected chi connectivity index (χ1v) is 4.39. The Bertz CT molecular complexity index is 151. The second kappa shape index (κ2) is 2.73. The third kappa shape index (κ3) is 1.17. The SMILES string of the molecule is O[C@H]1[C@H](O)CN2CCCC[C@H]12. The van der Waals surface area contributed by atoms with E-state index in [0.29, 0.717) is 6.54 Å². The van der Waals surface area contributed by atoms with Crippen molar-refractivity contribution in [2.45, 2.75) is 37.5 Å². The molecule has 0 spiro atoms. The molecule has 11 heavy (non-hydrogen) atoms. The van der Waals surface area contributed by atoms with Crippen molar-refractivity contribution in [1.29, 1.82) is 0 Å². The third-order valence-electron chi connectivity index (χ3n) is 2.87. The first-order valence-electron chi connectivity index (χ1n) is 4.39. The van der Waals surface area contributed by atoms with Crippen LogP contribution in [-0.4, -0.2) is 46.5 Å². The predicted molar refractivity (Wildman–Crippen MR) is 41.2 cm³/mol. The summed E-state index contributed by atoms with van der Waals surface area (Å²) in [7, 11) is 0. The fourth-order valence-corrected chi connectivity index (χ4v) is 2.23. The molecule has 0 radical (unpaired) electrons. The van der Waals surface area contributed by atoms with E-state index < -0.39 is 12.2 Å². The molecule has 0 bridgehead atoms. The largest absolute Gasteiger partial charge is 0.389 e. The zero-order valence-electron chi connectivity index (χ0n) is 6.61. The predicted octanol–water partition coefficient (Wildman–Crippen LogP) is -0.424. The van der Waals surface area contributed by atoms with E-state index in [2.05, 4.69) is 4.90 Å². The van der Waals surface area contributed by atoms with Crippen LogP contribution < -0.4 is 0 Å². The molecule has 3 atom stereocenters. The molecule has 3 nitrogen and oxygen atoms in total. The summed E-state index contributed by atoms with van der Waals surface area (Å²) in [6.45, 7) is 1.73. The van der Waals surface area contributed by atoms with Crippen molar-refractivity contribution >= 4 is 0 Å². The maximum absolute atomic E-state index is 9.50. The summed E-state index contributed by atoms with van der Waals surface area (Å²) in [5.74, 6) is 0. The molecule has 64 valence electrons. The van der Waals surface area contributed by atoms with Crippen molar-refractivity contribution in [2.75, 3.05) is 13.1 Å². The molecule has 3 heteroatoms. The second-order valence-electron chi connectivity index (χ2n) is 3.62. The first kappa shape index (κ1) is 7.53. The molecule has 2 aliphatic rings. The molecule has 0 aromatic carbocycles. The zero-order valence-corrected chi connectivity index (χ0v) is 6.61. The van der Waals surface area contributed by atoms with Crippen molar-refractivity contribution < 1.29 is 10.2 Å². The number of hydrogen-bond donors (Lipinski definition) is 2. The molecule has 0 aromatic rings. The van der Waals surface area contributed by atoms with Crippen LogP contribution in [-0.2, 0) is 0 Å². The number of aliphatic hydroxyl groups is 2. The normalized spacial score (nSPS) is 45.8. The van der Waals surface area contributed by atoms with E-state index in [1.165, 1.54) is 12.8 Å². The van der Waals surface area contributed by atoms with E-state index >= 15 is 0 Å². The molecule has 0 amide bonds. The Kier molecular flexibility index (Phi) is 1.87. The number of nitrogens with zero attached hydrogens (tertiary/aromatic N) is 1. The van der Waals surface area contributed by atoms with E-state index in [0.717, 1.165) is 13.0 Å². The molecule has 0 unspecified atom stereocenters. The Morgan fingerprint density at radius 2 is 2.00 bits per heavy atom. The summed E-state index contributed by atoms with van der Waals surface area (Å²) in [6, 6.07) is 0.249. The van der Waals surface area contributed by atoms with Crippen molar-refractivity contribution in [3.63, 3.8) is 0 Å². The topological polar surface area (TPSA) is 43.7 Å². The molecule has 0 saturated carbocycles. The molecule has 0 aromatic heterocycles. The first-order chi connectivity index (χ1) is 5.29. The number of piperidine rings is 1. The molecule has 2 N–H and O–H groups in total. The van der Waals surface area contributed by atoms with Gasteiger partial charge in [-0.15, -0.1) is 0 Å². The average Bonchev–Trinajstić information content (AvgIpc) is 2.30. The quantitative estimate of drug-likeness (QED) is 0.502. The number of rotatable bonds is 0. The lowest BCUT2D eigenvalue weighted by molar-refractivity contribution is 0.0318. The van der Waals surface area contributed by atoms with Gasteiger partial charge in [0.15, 0.2) is 0 Å². The van der Waals surface area contributed by atoms with E-state index in [4.69, 9.17) is 0 Å². The van der Waals surface area contributed by atoms with Gasteiger partial charge in [0.1, 0.15) is 0 Å². The fourth-order valence-electron chi connectivity index (χ4n) is 2.23. The van der Waals surface area contributed by atoms with Gasteiger partial charge < -0.3 is 10.2 Å². The molecule has 2 fully saturated rings. The lowest BCUT2D eigenvalue weighted by Crippen LogP contribution is -2.39. The van der Waals surface area contributed by atoms with Gasteiger partial charge in [-0.1, -0.05) is 6.42 Å². The van der Waals surface area contributed by atoms with Crippen LogP contribution in [0, 0.1) is 0 Å². The highest BCUT2D eigenvalue weighted by atomic mass is 16.3. The van der Waals surface area contributed by atoms with Gasteiger partial charge in [0.25, 0.3) is 0 Å². The molecule has 0 aliphatic carbocycles. The second-order valence-corrected chi connectivity index (χ2v) is 3.62. The van der Waals surface area contributed by atoms with Crippen molar-refractivity contribution in [3.05, 3.63) is 0 Å². The summed E-state index contributed by atoms with van der Waals surface area (Å²) in [6.07, 6.45) is 2.48. The third-order valence-corrected chi connectivity index (χ3v) is 2.87. The average molecular weight is 157 g/mol.